The lowest BCUT2D eigenvalue weighted by molar-refractivity contribution is -0.122. The Morgan fingerprint density at radius 1 is 1.03 bits per heavy atom. The van der Waals surface area contributed by atoms with Crippen LogP contribution in [0, 0.1) is 9.87 Å². The summed E-state index contributed by atoms with van der Waals surface area (Å²) in [5.41, 5.74) is 1.59. The van der Waals surface area contributed by atoms with Crippen molar-refractivity contribution in [3.05, 3.63) is 69.0 Å². The number of methoxy groups -OCH3 is 1. The highest BCUT2D eigenvalue weighted by Gasteiger charge is 2.56. The highest BCUT2D eigenvalue weighted by molar-refractivity contribution is 8.01. The zero-order valence-corrected chi connectivity index (χ0v) is 17.8. The smallest absolute Gasteiger partial charge is 0.248 e. The number of para-hydroxylation sites is 1. The number of nitrogens with zero attached hydrogens (tertiary/aromatic N) is 1. The summed E-state index contributed by atoms with van der Waals surface area (Å²) >= 11 is 8.26. The fourth-order valence-corrected chi connectivity index (χ4v) is 6.98. The van der Waals surface area contributed by atoms with E-state index in [1.54, 1.807) is 19.2 Å². The number of rotatable bonds is 3. The predicted octanol–water partition coefficient (Wildman–Crippen LogP) is 4.61. The lowest BCUT2D eigenvalue weighted by Crippen LogP contribution is -2.32. The van der Waals surface area contributed by atoms with Crippen LogP contribution < -0.4 is 9.64 Å². The molecule has 2 aliphatic heterocycles. The van der Waals surface area contributed by atoms with Crippen molar-refractivity contribution in [1.29, 1.82) is 0 Å². The van der Waals surface area contributed by atoms with Crippen molar-refractivity contribution < 1.29 is 14.3 Å². The fourth-order valence-electron chi connectivity index (χ4n) is 4.02. The molecule has 146 valence electrons. The molecule has 29 heavy (non-hydrogen) atoms. The van der Waals surface area contributed by atoms with Gasteiger partial charge in [0, 0.05) is 10.8 Å². The van der Waals surface area contributed by atoms with Crippen LogP contribution in [0.25, 0.3) is 0 Å². The molecule has 5 nitrogen and oxygen atoms in total. The molecular weight excluding hydrogens is 424 g/mol. The summed E-state index contributed by atoms with van der Waals surface area (Å²) in [6.45, 7) is 0. The van der Waals surface area contributed by atoms with Crippen LogP contribution in [0.5, 0.6) is 5.75 Å². The molecule has 1 saturated heterocycles. The molecule has 5 rings (SSSR count). The maximum Gasteiger partial charge on any atom is 0.248 e. The number of ether oxygens (including phenoxy) is 1. The lowest BCUT2D eigenvalue weighted by atomic mass is 9.83. The Morgan fingerprint density at radius 3 is 2.45 bits per heavy atom. The molecule has 0 radical (unpaired) electrons. The van der Waals surface area contributed by atoms with Crippen LogP contribution in [0.2, 0.25) is 0 Å². The number of carbonyl (C=O) groups is 2. The maximum atomic E-state index is 13.5. The number of aromatic amines is 1. The summed E-state index contributed by atoms with van der Waals surface area (Å²) in [5.74, 6) is -0.298. The molecule has 0 bridgehead atoms. The topological polar surface area (TPSA) is 62.4 Å². The predicted molar refractivity (Wildman–Crippen MR) is 116 cm³/mol. The zero-order valence-electron chi connectivity index (χ0n) is 15.3. The molecule has 3 unspecified atom stereocenters. The Balaban J connectivity index is 1.64. The number of thioether (sulfide) groups is 1. The van der Waals surface area contributed by atoms with Gasteiger partial charge in [-0.15, -0.1) is 11.3 Å². The van der Waals surface area contributed by atoms with Gasteiger partial charge in [0.2, 0.25) is 11.8 Å². The van der Waals surface area contributed by atoms with E-state index in [1.165, 1.54) is 28.0 Å². The van der Waals surface area contributed by atoms with Crippen molar-refractivity contribution in [2.75, 3.05) is 12.0 Å². The van der Waals surface area contributed by atoms with Crippen molar-refractivity contribution in [2.24, 2.45) is 5.92 Å². The minimum Gasteiger partial charge on any atom is -0.497 e. The van der Waals surface area contributed by atoms with E-state index in [0.29, 0.717) is 9.64 Å². The van der Waals surface area contributed by atoms with Gasteiger partial charge in [-0.2, -0.15) is 0 Å². The molecule has 0 saturated carbocycles. The normalized spacial score (nSPS) is 23.1. The van der Waals surface area contributed by atoms with E-state index in [-0.39, 0.29) is 17.7 Å². The Morgan fingerprint density at radius 2 is 1.76 bits per heavy atom. The number of hydrogen-bond acceptors (Lipinski definition) is 6. The number of aromatic nitrogens is 1. The highest BCUT2D eigenvalue weighted by atomic mass is 32.2. The SMILES string of the molecule is COc1ccc(C2c3sc(=S)[nH]c3SC3C(=O)N(c4ccccc4)C(=O)C32)cc1. The first kappa shape index (κ1) is 18.6. The Bertz CT molecular complexity index is 1150. The summed E-state index contributed by atoms with van der Waals surface area (Å²) < 4.78 is 5.93. The number of benzene rings is 2. The number of fused-ring (bicyclic) bond motifs is 2. The Labute approximate surface area is 180 Å². The Kier molecular flexibility index (Phi) is 4.57. The summed E-state index contributed by atoms with van der Waals surface area (Å²) in [4.78, 5) is 32.3. The van der Waals surface area contributed by atoms with E-state index >= 15 is 0 Å². The van der Waals surface area contributed by atoms with Crippen LogP contribution in [0.15, 0.2) is 59.6 Å². The second-order valence-electron chi connectivity index (χ2n) is 6.87. The van der Waals surface area contributed by atoms with E-state index < -0.39 is 11.2 Å². The van der Waals surface area contributed by atoms with Gasteiger partial charge in [0.25, 0.3) is 0 Å². The number of hydrogen-bond donors (Lipinski definition) is 1. The van der Waals surface area contributed by atoms with Gasteiger partial charge in [-0.05, 0) is 42.0 Å². The van der Waals surface area contributed by atoms with Crippen molar-refractivity contribution in [2.45, 2.75) is 16.2 Å². The third kappa shape index (κ3) is 2.94. The number of amides is 2. The van der Waals surface area contributed by atoms with Gasteiger partial charge in [0.1, 0.15) is 11.0 Å². The third-order valence-corrected chi connectivity index (χ3v) is 8.07. The van der Waals surface area contributed by atoms with Gasteiger partial charge >= 0.3 is 0 Å². The number of thiazole rings is 1. The number of nitrogens with one attached hydrogen (secondary N) is 1. The van der Waals surface area contributed by atoms with Crippen molar-refractivity contribution in [1.82, 2.24) is 4.98 Å². The van der Waals surface area contributed by atoms with Crippen LogP contribution in [-0.4, -0.2) is 29.2 Å². The van der Waals surface area contributed by atoms with E-state index in [2.05, 4.69) is 4.98 Å². The second kappa shape index (κ2) is 7.12. The average molecular weight is 441 g/mol. The second-order valence-corrected chi connectivity index (χ2v) is 9.74. The van der Waals surface area contributed by atoms with Crippen LogP contribution in [-0.2, 0) is 9.59 Å². The first-order valence-electron chi connectivity index (χ1n) is 9.05. The molecule has 2 aliphatic rings. The molecule has 0 aliphatic carbocycles. The quantitative estimate of drug-likeness (QED) is 0.476. The molecule has 3 atom stereocenters. The van der Waals surface area contributed by atoms with Gasteiger partial charge in [-0.3, -0.25) is 9.59 Å². The minimum atomic E-state index is -0.484. The summed E-state index contributed by atoms with van der Waals surface area (Å²) in [6, 6.07) is 16.8. The summed E-state index contributed by atoms with van der Waals surface area (Å²) in [7, 11) is 1.62. The molecule has 2 amide bonds. The Hall–Kier alpha value is -2.42. The van der Waals surface area contributed by atoms with Gasteiger partial charge in [0.15, 0.2) is 3.95 Å². The molecule has 1 fully saturated rings. The van der Waals surface area contributed by atoms with Gasteiger partial charge < -0.3 is 9.72 Å². The molecular formula is C21H16N2O3S3. The third-order valence-electron chi connectivity index (χ3n) is 5.31. The van der Waals surface area contributed by atoms with Crippen LogP contribution in [0.4, 0.5) is 5.69 Å². The molecule has 3 aromatic rings. The van der Waals surface area contributed by atoms with Gasteiger partial charge in [-0.25, -0.2) is 4.90 Å². The highest BCUT2D eigenvalue weighted by Crippen LogP contribution is 2.54. The van der Waals surface area contributed by atoms with Crippen molar-refractivity contribution >= 4 is 52.8 Å². The minimum absolute atomic E-state index is 0.163. The number of anilines is 1. The van der Waals surface area contributed by atoms with E-state index in [1.807, 2.05) is 42.5 Å². The summed E-state index contributed by atoms with van der Waals surface area (Å²) in [6.07, 6.45) is 0. The monoisotopic (exact) mass is 440 g/mol. The van der Waals surface area contributed by atoms with E-state index in [0.717, 1.165) is 21.2 Å². The van der Waals surface area contributed by atoms with E-state index in [4.69, 9.17) is 17.0 Å². The zero-order chi connectivity index (χ0) is 20.1. The first-order chi connectivity index (χ1) is 14.1. The van der Waals surface area contributed by atoms with Crippen LogP contribution >= 0.6 is 35.3 Å². The fraction of sp³-hybridized carbons (Fsp3) is 0.190. The number of imide groups is 1. The summed E-state index contributed by atoms with van der Waals surface area (Å²) in [5, 5.41) is 0.403. The van der Waals surface area contributed by atoms with E-state index in [9.17, 15) is 9.59 Å². The van der Waals surface area contributed by atoms with Crippen LogP contribution in [0.1, 0.15) is 16.4 Å². The lowest BCUT2D eigenvalue weighted by Gasteiger charge is -2.30. The average Bonchev–Trinajstić information content (AvgIpc) is 3.23. The molecule has 0 spiro atoms. The maximum absolute atomic E-state index is 13.5. The molecule has 3 heterocycles. The van der Waals surface area contributed by atoms with Crippen LogP contribution in [0.3, 0.4) is 0 Å². The molecule has 2 aromatic carbocycles. The number of H-pyrrole nitrogens is 1. The van der Waals surface area contributed by atoms with Gasteiger partial charge in [-0.1, -0.05) is 42.1 Å². The van der Waals surface area contributed by atoms with Crippen molar-refractivity contribution in [3.63, 3.8) is 0 Å². The molecule has 1 N–H and O–H groups in total. The largest absolute Gasteiger partial charge is 0.497 e. The van der Waals surface area contributed by atoms with Crippen molar-refractivity contribution in [3.8, 4) is 5.75 Å². The first-order valence-corrected chi connectivity index (χ1v) is 11.2. The number of carbonyl (C=O) groups excluding carboxylic acids is 2. The van der Waals surface area contributed by atoms with Gasteiger partial charge in [0.05, 0.1) is 23.7 Å². The standard InChI is InChI=1S/C21H16N2O3S3/c1-26-13-9-7-11(8-10-13)14-15-17(28-18-16(14)29-21(27)22-18)20(25)23(19(15)24)12-5-3-2-4-6-12/h2-10,14-15,17H,1H3,(H,22,27). The molecule has 8 heteroatoms. The molecule has 1 aromatic heterocycles.